The molecule has 2 fully saturated rings. The van der Waals surface area contributed by atoms with Crippen molar-refractivity contribution in [3.63, 3.8) is 0 Å². The molecule has 6 heteroatoms. The summed E-state index contributed by atoms with van der Waals surface area (Å²) in [7, 11) is 0. The number of urea groups is 1. The molecular formula is C21H31N3O3. The van der Waals surface area contributed by atoms with Crippen LogP contribution in [0.1, 0.15) is 44.6 Å². The summed E-state index contributed by atoms with van der Waals surface area (Å²) in [6, 6.07) is 7.81. The van der Waals surface area contributed by atoms with Crippen LogP contribution in [0, 0.1) is 12.8 Å². The molecule has 1 atom stereocenters. The Morgan fingerprint density at radius 3 is 2.70 bits per heavy atom. The van der Waals surface area contributed by atoms with Gasteiger partial charge in [0.25, 0.3) is 0 Å². The maximum Gasteiger partial charge on any atom is 0.321 e. The Balaban J connectivity index is 1.49. The summed E-state index contributed by atoms with van der Waals surface area (Å²) >= 11 is 0. The first kappa shape index (κ1) is 19.7. The van der Waals surface area contributed by atoms with Gasteiger partial charge in [0.05, 0.1) is 5.60 Å². The van der Waals surface area contributed by atoms with Crippen LogP contribution in [0.3, 0.4) is 0 Å². The Kier molecular flexibility index (Phi) is 6.37. The SMILES string of the molecule is CC(=O)NCCC1CCOC2(CCN(C(=O)Nc3ccccc3C)CC2)C1. The fourth-order valence-corrected chi connectivity index (χ4v) is 4.20. The lowest BCUT2D eigenvalue weighted by molar-refractivity contribution is -0.124. The van der Waals surface area contributed by atoms with Crippen molar-refractivity contribution >= 4 is 17.6 Å². The highest BCUT2D eigenvalue weighted by molar-refractivity contribution is 5.90. The molecule has 1 unspecified atom stereocenters. The van der Waals surface area contributed by atoms with Crippen LogP contribution < -0.4 is 10.6 Å². The first-order valence-electron chi connectivity index (χ1n) is 9.97. The Hall–Kier alpha value is -2.08. The van der Waals surface area contributed by atoms with Crippen LogP contribution in [-0.2, 0) is 9.53 Å². The van der Waals surface area contributed by atoms with Crippen LogP contribution in [-0.4, -0.2) is 48.7 Å². The van der Waals surface area contributed by atoms with Crippen molar-refractivity contribution in [2.24, 2.45) is 5.92 Å². The minimum Gasteiger partial charge on any atom is -0.375 e. The summed E-state index contributed by atoms with van der Waals surface area (Å²) in [5, 5.41) is 5.92. The van der Waals surface area contributed by atoms with Gasteiger partial charge in [-0.1, -0.05) is 18.2 Å². The first-order chi connectivity index (χ1) is 13.0. The normalized spacial score (nSPS) is 21.7. The molecule has 6 nitrogen and oxygen atoms in total. The standard InChI is InChI=1S/C21H31N3O3/c1-16-5-3-4-6-19(16)23-20(26)24-12-9-21(10-13-24)15-18(8-14-27-21)7-11-22-17(2)25/h3-6,18H,7-15H2,1-2H3,(H,22,25)(H,23,26). The quantitative estimate of drug-likeness (QED) is 0.851. The highest BCUT2D eigenvalue weighted by atomic mass is 16.5. The van der Waals surface area contributed by atoms with Gasteiger partial charge in [0.15, 0.2) is 0 Å². The van der Waals surface area contributed by atoms with Crippen molar-refractivity contribution in [3.05, 3.63) is 29.8 Å². The number of piperidine rings is 1. The average Bonchev–Trinajstić information content (AvgIpc) is 2.64. The number of rotatable bonds is 4. The highest BCUT2D eigenvalue weighted by Gasteiger charge is 2.41. The van der Waals surface area contributed by atoms with Gasteiger partial charge in [-0.2, -0.15) is 0 Å². The van der Waals surface area contributed by atoms with E-state index in [-0.39, 0.29) is 17.5 Å². The number of nitrogens with zero attached hydrogens (tertiary/aromatic N) is 1. The van der Waals surface area contributed by atoms with Crippen molar-refractivity contribution < 1.29 is 14.3 Å². The number of nitrogens with one attached hydrogen (secondary N) is 2. The van der Waals surface area contributed by atoms with E-state index in [2.05, 4.69) is 10.6 Å². The maximum absolute atomic E-state index is 12.6. The van der Waals surface area contributed by atoms with Gasteiger partial charge in [0, 0.05) is 38.9 Å². The molecule has 0 bridgehead atoms. The van der Waals surface area contributed by atoms with Gasteiger partial charge in [0.1, 0.15) is 0 Å². The zero-order chi connectivity index (χ0) is 19.3. The monoisotopic (exact) mass is 373 g/mol. The average molecular weight is 373 g/mol. The van der Waals surface area contributed by atoms with Gasteiger partial charge in [-0.25, -0.2) is 4.79 Å². The highest BCUT2D eigenvalue weighted by Crippen LogP contribution is 2.38. The molecule has 27 heavy (non-hydrogen) atoms. The lowest BCUT2D eigenvalue weighted by Crippen LogP contribution is -2.51. The van der Waals surface area contributed by atoms with Crippen molar-refractivity contribution in [1.82, 2.24) is 10.2 Å². The van der Waals surface area contributed by atoms with Gasteiger partial charge < -0.3 is 20.3 Å². The molecule has 1 spiro atoms. The van der Waals surface area contributed by atoms with Crippen molar-refractivity contribution in [3.8, 4) is 0 Å². The topological polar surface area (TPSA) is 70.7 Å². The number of hydrogen-bond acceptors (Lipinski definition) is 3. The van der Waals surface area contributed by atoms with E-state index in [1.807, 2.05) is 36.1 Å². The number of carbonyl (C=O) groups excluding carboxylic acids is 2. The Morgan fingerprint density at radius 2 is 2.00 bits per heavy atom. The van der Waals surface area contributed by atoms with E-state index in [1.165, 1.54) is 0 Å². The molecule has 2 N–H and O–H groups in total. The summed E-state index contributed by atoms with van der Waals surface area (Å²) in [5.41, 5.74) is 1.84. The number of para-hydroxylation sites is 1. The van der Waals surface area contributed by atoms with Crippen molar-refractivity contribution in [2.75, 3.05) is 31.6 Å². The summed E-state index contributed by atoms with van der Waals surface area (Å²) in [4.78, 5) is 25.5. The summed E-state index contributed by atoms with van der Waals surface area (Å²) < 4.78 is 6.18. The fourth-order valence-electron chi connectivity index (χ4n) is 4.20. The maximum atomic E-state index is 12.6. The smallest absolute Gasteiger partial charge is 0.321 e. The number of likely N-dealkylation sites (tertiary alicyclic amines) is 1. The summed E-state index contributed by atoms with van der Waals surface area (Å²) in [6.45, 7) is 6.51. The predicted octanol–water partition coefficient (Wildman–Crippen LogP) is 3.31. The van der Waals surface area contributed by atoms with E-state index in [0.29, 0.717) is 5.92 Å². The number of benzene rings is 1. The van der Waals surface area contributed by atoms with Gasteiger partial charge in [-0.05, 0) is 56.6 Å². The summed E-state index contributed by atoms with van der Waals surface area (Å²) in [5.74, 6) is 0.614. The van der Waals surface area contributed by atoms with E-state index in [1.54, 1.807) is 6.92 Å². The molecule has 2 saturated heterocycles. The Morgan fingerprint density at radius 1 is 1.26 bits per heavy atom. The van der Waals surface area contributed by atoms with Crippen molar-refractivity contribution in [1.29, 1.82) is 0 Å². The van der Waals surface area contributed by atoms with E-state index in [0.717, 1.165) is 69.6 Å². The van der Waals surface area contributed by atoms with E-state index in [4.69, 9.17) is 4.74 Å². The van der Waals surface area contributed by atoms with Crippen LogP contribution in [0.15, 0.2) is 24.3 Å². The first-order valence-corrected chi connectivity index (χ1v) is 9.97. The molecule has 1 aromatic carbocycles. The number of carbonyl (C=O) groups is 2. The second-order valence-corrected chi connectivity index (χ2v) is 7.89. The van der Waals surface area contributed by atoms with Crippen LogP contribution in [0.4, 0.5) is 10.5 Å². The molecule has 0 radical (unpaired) electrons. The van der Waals surface area contributed by atoms with Crippen molar-refractivity contribution in [2.45, 2.75) is 51.6 Å². The second-order valence-electron chi connectivity index (χ2n) is 7.89. The minimum atomic E-state index is -0.0986. The second kappa shape index (κ2) is 8.74. The van der Waals surface area contributed by atoms with Gasteiger partial charge in [-0.15, -0.1) is 0 Å². The Bertz CT molecular complexity index is 668. The molecule has 0 aliphatic carbocycles. The van der Waals surface area contributed by atoms with Crippen LogP contribution in [0.25, 0.3) is 0 Å². The van der Waals surface area contributed by atoms with E-state index < -0.39 is 0 Å². The molecular weight excluding hydrogens is 342 g/mol. The zero-order valence-corrected chi connectivity index (χ0v) is 16.4. The third-order valence-corrected chi connectivity index (χ3v) is 5.87. The summed E-state index contributed by atoms with van der Waals surface area (Å²) in [6.07, 6.45) is 4.84. The molecule has 2 aliphatic rings. The van der Waals surface area contributed by atoms with Crippen LogP contribution in [0.5, 0.6) is 0 Å². The molecule has 3 amide bonds. The molecule has 3 rings (SSSR count). The third-order valence-electron chi connectivity index (χ3n) is 5.87. The number of anilines is 1. The number of aryl methyl sites for hydroxylation is 1. The molecule has 0 aromatic heterocycles. The lowest BCUT2D eigenvalue weighted by atomic mass is 9.78. The fraction of sp³-hybridized carbons (Fsp3) is 0.619. The predicted molar refractivity (Wildman–Crippen MR) is 106 cm³/mol. The molecule has 1 aromatic rings. The van der Waals surface area contributed by atoms with Gasteiger partial charge in [0.2, 0.25) is 5.91 Å². The van der Waals surface area contributed by atoms with Gasteiger partial charge in [-0.3, -0.25) is 4.79 Å². The largest absolute Gasteiger partial charge is 0.375 e. The minimum absolute atomic E-state index is 0.0304. The lowest BCUT2D eigenvalue weighted by Gasteiger charge is -2.46. The number of ether oxygens (including phenoxy) is 1. The molecule has 0 saturated carbocycles. The third kappa shape index (κ3) is 5.22. The van der Waals surface area contributed by atoms with E-state index >= 15 is 0 Å². The zero-order valence-electron chi connectivity index (χ0n) is 16.4. The van der Waals surface area contributed by atoms with Gasteiger partial charge >= 0.3 is 6.03 Å². The number of amides is 3. The Labute approximate surface area is 161 Å². The number of hydrogen-bond donors (Lipinski definition) is 2. The van der Waals surface area contributed by atoms with Crippen LogP contribution in [0.2, 0.25) is 0 Å². The molecule has 2 aliphatic heterocycles. The van der Waals surface area contributed by atoms with E-state index in [9.17, 15) is 9.59 Å². The molecule has 2 heterocycles. The molecule has 148 valence electrons. The van der Waals surface area contributed by atoms with Crippen LogP contribution >= 0.6 is 0 Å².